The second kappa shape index (κ2) is 5.54. The molecule has 1 atom stereocenters. The van der Waals surface area contributed by atoms with Crippen molar-refractivity contribution in [2.24, 2.45) is 5.92 Å². The lowest BCUT2D eigenvalue weighted by Crippen LogP contribution is -2.41. The largest absolute Gasteiger partial charge is 0.392 e. The molecule has 4 heteroatoms. The Morgan fingerprint density at radius 1 is 1.45 bits per heavy atom. The van der Waals surface area contributed by atoms with Crippen LogP contribution in [-0.2, 0) is 11.2 Å². The van der Waals surface area contributed by atoms with Gasteiger partial charge in [0.1, 0.15) is 0 Å². The molecule has 1 fully saturated rings. The van der Waals surface area contributed by atoms with Crippen molar-refractivity contribution in [1.82, 2.24) is 4.90 Å². The van der Waals surface area contributed by atoms with Crippen molar-refractivity contribution in [1.29, 1.82) is 0 Å². The average Bonchev–Trinajstić information content (AvgIpc) is 3.18. The van der Waals surface area contributed by atoms with Gasteiger partial charge < -0.3 is 10.0 Å². The molecule has 1 unspecified atom stereocenters. The fourth-order valence-electron chi connectivity index (χ4n) is 2.93. The lowest BCUT2D eigenvalue weighted by atomic mass is 10.2. The molecule has 1 aromatic rings. The Morgan fingerprint density at radius 3 is 2.95 bits per heavy atom. The predicted octanol–water partition coefficient (Wildman–Crippen LogP) is 1.28. The lowest BCUT2D eigenvalue weighted by molar-refractivity contribution is -0.119. The highest BCUT2D eigenvalue weighted by Crippen LogP contribution is 2.32. The molecule has 3 rings (SSSR count). The molecule has 4 nitrogen and oxygen atoms in total. The zero-order valence-corrected chi connectivity index (χ0v) is 12.0. The van der Waals surface area contributed by atoms with Crippen molar-refractivity contribution in [3.05, 3.63) is 29.8 Å². The van der Waals surface area contributed by atoms with E-state index in [0.717, 1.165) is 31.5 Å². The average molecular weight is 274 g/mol. The summed E-state index contributed by atoms with van der Waals surface area (Å²) in [5.74, 6) is 0.584. The number of carbonyl (C=O) groups excluding carboxylic acids is 1. The maximum absolute atomic E-state index is 12.4. The summed E-state index contributed by atoms with van der Waals surface area (Å²) in [6.07, 6.45) is 2.92. The van der Waals surface area contributed by atoms with Gasteiger partial charge in [0.2, 0.25) is 5.91 Å². The number of amides is 1. The van der Waals surface area contributed by atoms with Crippen LogP contribution in [0.2, 0.25) is 0 Å². The van der Waals surface area contributed by atoms with E-state index in [1.807, 2.05) is 35.0 Å². The molecule has 1 aliphatic heterocycles. The molecule has 1 amide bonds. The number of hydrogen-bond acceptors (Lipinski definition) is 3. The van der Waals surface area contributed by atoms with Gasteiger partial charge in [-0.1, -0.05) is 18.2 Å². The summed E-state index contributed by atoms with van der Waals surface area (Å²) in [4.78, 5) is 16.2. The maximum atomic E-state index is 12.4. The molecule has 0 bridgehead atoms. The number of carbonyl (C=O) groups is 1. The number of aliphatic hydroxyl groups excluding tert-OH is 1. The van der Waals surface area contributed by atoms with Crippen molar-refractivity contribution in [3.8, 4) is 0 Å². The van der Waals surface area contributed by atoms with Crippen LogP contribution in [0.1, 0.15) is 18.4 Å². The molecule has 1 heterocycles. The van der Waals surface area contributed by atoms with Crippen LogP contribution >= 0.6 is 0 Å². The Balaban J connectivity index is 1.57. The smallest absolute Gasteiger partial charge is 0.241 e. The Hall–Kier alpha value is -1.39. The number of anilines is 1. The molecule has 0 radical (unpaired) electrons. The highest BCUT2D eigenvalue weighted by Gasteiger charge is 2.31. The van der Waals surface area contributed by atoms with E-state index < -0.39 is 0 Å². The highest BCUT2D eigenvalue weighted by molar-refractivity contribution is 5.96. The third-order valence-corrected chi connectivity index (χ3v) is 4.26. The van der Waals surface area contributed by atoms with E-state index in [1.54, 1.807) is 0 Å². The van der Waals surface area contributed by atoms with Gasteiger partial charge >= 0.3 is 0 Å². The monoisotopic (exact) mass is 274 g/mol. The van der Waals surface area contributed by atoms with Gasteiger partial charge in [-0.25, -0.2) is 0 Å². The second-order valence-corrected chi connectivity index (χ2v) is 6.03. The third kappa shape index (κ3) is 2.86. The van der Waals surface area contributed by atoms with Crippen molar-refractivity contribution in [2.45, 2.75) is 25.4 Å². The van der Waals surface area contributed by atoms with Gasteiger partial charge in [-0.3, -0.25) is 9.69 Å². The van der Waals surface area contributed by atoms with E-state index in [2.05, 4.69) is 6.07 Å². The van der Waals surface area contributed by atoms with Crippen LogP contribution < -0.4 is 4.90 Å². The molecule has 0 saturated heterocycles. The van der Waals surface area contributed by atoms with Crippen LogP contribution in [0.25, 0.3) is 0 Å². The van der Waals surface area contributed by atoms with Crippen molar-refractivity contribution in [2.75, 3.05) is 31.6 Å². The lowest BCUT2D eigenvalue weighted by Gasteiger charge is -2.23. The summed E-state index contributed by atoms with van der Waals surface area (Å²) in [6.45, 7) is 1.74. The molecule has 20 heavy (non-hydrogen) atoms. The first-order chi connectivity index (χ1) is 9.65. The summed E-state index contributed by atoms with van der Waals surface area (Å²) in [5, 5.41) is 9.93. The zero-order valence-electron chi connectivity index (χ0n) is 12.0. The van der Waals surface area contributed by atoms with Gasteiger partial charge in [-0.15, -0.1) is 0 Å². The molecule has 1 aromatic carbocycles. The Kier molecular flexibility index (Phi) is 3.76. The minimum Gasteiger partial charge on any atom is -0.392 e. The van der Waals surface area contributed by atoms with E-state index in [9.17, 15) is 9.90 Å². The third-order valence-electron chi connectivity index (χ3n) is 4.26. The Bertz CT molecular complexity index is 499. The number of benzene rings is 1. The van der Waals surface area contributed by atoms with Gasteiger partial charge in [0, 0.05) is 18.8 Å². The highest BCUT2D eigenvalue weighted by atomic mass is 16.3. The van der Waals surface area contributed by atoms with E-state index in [4.69, 9.17) is 0 Å². The number of nitrogens with zero attached hydrogens (tertiary/aromatic N) is 2. The number of fused-ring (bicyclic) bond motifs is 1. The molecule has 1 N–H and O–H groups in total. The quantitative estimate of drug-likeness (QED) is 0.879. The van der Waals surface area contributed by atoms with E-state index in [1.165, 1.54) is 5.56 Å². The van der Waals surface area contributed by atoms with Crippen LogP contribution in [0, 0.1) is 5.92 Å². The number of rotatable bonds is 5. The standard InChI is InChI=1S/C16H22N2O2/c1-17(10-15(19)13-6-7-13)11-16(20)18-9-8-12-4-2-3-5-14(12)18/h2-5,13,15,19H,6-11H2,1H3. The summed E-state index contributed by atoms with van der Waals surface area (Å²) in [6, 6.07) is 8.10. The first kappa shape index (κ1) is 13.6. The normalized spacial score (nSPS) is 19.2. The molecule has 1 aliphatic carbocycles. The number of para-hydroxylation sites is 1. The van der Waals surface area contributed by atoms with Gasteiger partial charge in [-0.05, 0) is 43.9 Å². The molecule has 108 valence electrons. The minimum atomic E-state index is -0.279. The van der Waals surface area contributed by atoms with Crippen molar-refractivity contribution < 1.29 is 9.90 Å². The molecule has 1 saturated carbocycles. The van der Waals surface area contributed by atoms with Gasteiger partial charge in [0.05, 0.1) is 12.6 Å². The number of hydrogen-bond donors (Lipinski definition) is 1. The van der Waals surface area contributed by atoms with E-state index in [0.29, 0.717) is 19.0 Å². The predicted molar refractivity (Wildman–Crippen MR) is 78.7 cm³/mol. The first-order valence-electron chi connectivity index (χ1n) is 7.40. The SMILES string of the molecule is CN(CC(=O)N1CCc2ccccc21)CC(O)C1CC1. The molecular weight excluding hydrogens is 252 g/mol. The second-order valence-electron chi connectivity index (χ2n) is 6.03. The molecular formula is C16H22N2O2. The maximum Gasteiger partial charge on any atom is 0.241 e. The fraction of sp³-hybridized carbons (Fsp3) is 0.562. The van der Waals surface area contributed by atoms with Gasteiger partial charge in [0.25, 0.3) is 0 Å². The summed E-state index contributed by atoms with van der Waals surface area (Å²) < 4.78 is 0. The van der Waals surface area contributed by atoms with Crippen LogP contribution in [0.3, 0.4) is 0 Å². The van der Waals surface area contributed by atoms with Crippen LogP contribution in [0.4, 0.5) is 5.69 Å². The summed E-state index contributed by atoms with van der Waals surface area (Å²) in [7, 11) is 1.91. The number of likely N-dealkylation sites (N-methyl/N-ethyl adjacent to an activating group) is 1. The first-order valence-corrected chi connectivity index (χ1v) is 7.40. The topological polar surface area (TPSA) is 43.8 Å². The van der Waals surface area contributed by atoms with E-state index >= 15 is 0 Å². The van der Waals surface area contributed by atoms with Crippen LogP contribution in [0.15, 0.2) is 24.3 Å². The van der Waals surface area contributed by atoms with Crippen LogP contribution in [0.5, 0.6) is 0 Å². The zero-order chi connectivity index (χ0) is 14.1. The fourth-order valence-corrected chi connectivity index (χ4v) is 2.93. The molecule has 0 spiro atoms. The van der Waals surface area contributed by atoms with Gasteiger partial charge in [-0.2, -0.15) is 0 Å². The molecule has 0 aromatic heterocycles. The van der Waals surface area contributed by atoms with Crippen molar-refractivity contribution in [3.63, 3.8) is 0 Å². The number of aliphatic hydroxyl groups is 1. The van der Waals surface area contributed by atoms with E-state index in [-0.39, 0.29) is 12.0 Å². The summed E-state index contributed by atoms with van der Waals surface area (Å²) in [5.41, 5.74) is 2.30. The minimum absolute atomic E-state index is 0.125. The Labute approximate surface area is 120 Å². The van der Waals surface area contributed by atoms with Gasteiger partial charge in [0.15, 0.2) is 0 Å². The summed E-state index contributed by atoms with van der Waals surface area (Å²) >= 11 is 0. The van der Waals surface area contributed by atoms with Crippen molar-refractivity contribution >= 4 is 11.6 Å². The Morgan fingerprint density at radius 2 is 2.20 bits per heavy atom. The molecule has 2 aliphatic rings. The van der Waals surface area contributed by atoms with Crippen LogP contribution in [-0.4, -0.2) is 48.7 Å².